The van der Waals surface area contributed by atoms with Crippen LogP contribution >= 0.6 is 0 Å². The molecule has 2 aromatic carbocycles. The Bertz CT molecular complexity index is 1410. The molecule has 4 aromatic rings. The minimum atomic E-state index is -1.53. The fourth-order valence-corrected chi connectivity index (χ4v) is 3.25. The number of carbonyl (C=O) groups excluding carboxylic acids is 1. The van der Waals surface area contributed by atoms with E-state index in [1.807, 2.05) is 30.3 Å². The Morgan fingerprint density at radius 2 is 1.84 bits per heavy atom. The normalized spacial score (nSPS) is 11.1. The number of aliphatic carboxylic acids is 1. The van der Waals surface area contributed by atoms with E-state index in [9.17, 15) is 19.1 Å². The third-order valence-corrected chi connectivity index (χ3v) is 5.30. The number of rotatable bonds is 10. The Kier molecular flexibility index (Phi) is 7.42. The molecule has 2 heterocycles. The van der Waals surface area contributed by atoms with E-state index >= 15 is 0 Å². The van der Waals surface area contributed by atoms with Crippen LogP contribution in [0, 0.1) is 5.82 Å². The lowest BCUT2D eigenvalue weighted by Gasteiger charge is -2.21. The van der Waals surface area contributed by atoms with Gasteiger partial charge < -0.3 is 19.9 Å². The molecular formula is C26H23FN4O6. The van der Waals surface area contributed by atoms with Gasteiger partial charge in [-0.15, -0.1) is 0 Å². The fourth-order valence-electron chi connectivity index (χ4n) is 3.25. The smallest absolute Gasteiger partial charge is 0.347 e. The van der Waals surface area contributed by atoms with Gasteiger partial charge in [0, 0.05) is 30.8 Å². The molecule has 0 unspecified atom stereocenters. The zero-order valence-corrected chi connectivity index (χ0v) is 20.0. The Morgan fingerprint density at radius 1 is 1.05 bits per heavy atom. The summed E-state index contributed by atoms with van der Waals surface area (Å²) in [5.41, 5.74) is 0.135. The summed E-state index contributed by atoms with van der Waals surface area (Å²) < 4.78 is 30.5. The first-order valence-corrected chi connectivity index (χ1v) is 11.2. The van der Waals surface area contributed by atoms with Crippen molar-refractivity contribution in [2.24, 2.45) is 0 Å². The molecule has 0 saturated heterocycles. The topological polar surface area (TPSA) is 137 Å². The molecule has 190 valence electrons. The number of carboxylic acid groups (broad SMARTS) is 1. The molecule has 37 heavy (non-hydrogen) atoms. The van der Waals surface area contributed by atoms with Crippen molar-refractivity contribution < 1.29 is 33.2 Å². The average Bonchev–Trinajstić information content (AvgIpc) is 3.30. The van der Waals surface area contributed by atoms with Gasteiger partial charge in [-0.25, -0.2) is 18.8 Å². The van der Waals surface area contributed by atoms with Crippen LogP contribution in [-0.4, -0.2) is 37.9 Å². The number of hydrogen-bond acceptors (Lipinski definition) is 8. The molecule has 10 nitrogen and oxygen atoms in total. The van der Waals surface area contributed by atoms with Crippen LogP contribution in [-0.2, 0) is 17.8 Å². The van der Waals surface area contributed by atoms with Crippen molar-refractivity contribution in [1.29, 1.82) is 0 Å². The van der Waals surface area contributed by atoms with Gasteiger partial charge in [0.2, 0.25) is 5.88 Å². The monoisotopic (exact) mass is 506 g/mol. The van der Waals surface area contributed by atoms with Gasteiger partial charge in [-0.05, 0) is 42.8 Å². The first kappa shape index (κ1) is 25.3. The number of nitrogens with zero attached hydrogens (tertiary/aromatic N) is 3. The molecule has 0 atom stereocenters. The predicted molar refractivity (Wildman–Crippen MR) is 128 cm³/mol. The molecule has 0 aliphatic carbocycles. The van der Waals surface area contributed by atoms with Gasteiger partial charge in [0.05, 0.1) is 0 Å². The van der Waals surface area contributed by atoms with Crippen LogP contribution in [0.5, 0.6) is 17.5 Å². The third-order valence-electron chi connectivity index (χ3n) is 5.30. The van der Waals surface area contributed by atoms with Gasteiger partial charge in [-0.3, -0.25) is 4.79 Å². The highest BCUT2D eigenvalue weighted by molar-refractivity contribution is 5.96. The zero-order valence-electron chi connectivity index (χ0n) is 20.0. The van der Waals surface area contributed by atoms with Gasteiger partial charge in [-0.2, -0.15) is 0 Å². The van der Waals surface area contributed by atoms with Crippen molar-refractivity contribution in [3.05, 3.63) is 95.1 Å². The van der Waals surface area contributed by atoms with Crippen molar-refractivity contribution in [2.75, 3.05) is 0 Å². The second-order valence-corrected chi connectivity index (χ2v) is 8.49. The molecule has 2 aromatic heterocycles. The fraction of sp³-hybridized carbons (Fsp3) is 0.192. The van der Waals surface area contributed by atoms with Gasteiger partial charge in [0.25, 0.3) is 11.8 Å². The van der Waals surface area contributed by atoms with Crippen LogP contribution in [0.4, 0.5) is 4.39 Å². The molecule has 2 N–H and O–H groups in total. The number of amides is 1. The lowest BCUT2D eigenvalue weighted by Crippen LogP contribution is -2.37. The van der Waals surface area contributed by atoms with Crippen molar-refractivity contribution in [2.45, 2.75) is 32.4 Å². The van der Waals surface area contributed by atoms with E-state index < -0.39 is 23.3 Å². The standard InChI is InChI=1S/C26H23FN4O6/c1-26(2,25(33)34)36-18-11-10-17(20(27)14-18)15-29-22(32)19-9-6-12-28-23(19)35-24-21(30-37-31-24)13-16-7-4-3-5-8-16/h3-12,14H,13,15H2,1-2H3,(H,29,32)(H,33,34). The van der Waals surface area contributed by atoms with Crippen molar-refractivity contribution in [1.82, 2.24) is 20.6 Å². The molecule has 1 amide bonds. The molecule has 0 aliphatic rings. The van der Waals surface area contributed by atoms with Gasteiger partial charge in [0.1, 0.15) is 17.1 Å². The lowest BCUT2D eigenvalue weighted by molar-refractivity contribution is -0.152. The number of ether oxygens (including phenoxy) is 2. The summed E-state index contributed by atoms with van der Waals surface area (Å²) in [7, 11) is 0. The molecule has 0 spiro atoms. The second kappa shape index (κ2) is 10.9. The van der Waals surface area contributed by atoms with Crippen molar-refractivity contribution in [3.63, 3.8) is 0 Å². The maximum absolute atomic E-state index is 14.6. The summed E-state index contributed by atoms with van der Waals surface area (Å²) in [6.45, 7) is 2.57. The molecule has 0 radical (unpaired) electrons. The predicted octanol–water partition coefficient (Wildman–Crippen LogP) is 4.16. The molecule has 0 aliphatic heterocycles. The number of pyridine rings is 1. The van der Waals surface area contributed by atoms with Crippen LogP contribution in [0.2, 0.25) is 0 Å². The molecular weight excluding hydrogens is 483 g/mol. The van der Waals surface area contributed by atoms with E-state index in [-0.39, 0.29) is 35.2 Å². The summed E-state index contributed by atoms with van der Waals surface area (Å²) in [5.74, 6) is -2.31. The highest BCUT2D eigenvalue weighted by atomic mass is 19.1. The van der Waals surface area contributed by atoms with Crippen molar-refractivity contribution in [3.8, 4) is 17.5 Å². The number of benzene rings is 2. The maximum Gasteiger partial charge on any atom is 0.347 e. The van der Waals surface area contributed by atoms with E-state index in [2.05, 4.69) is 20.6 Å². The largest absolute Gasteiger partial charge is 0.478 e. The average molecular weight is 506 g/mol. The highest BCUT2D eigenvalue weighted by Gasteiger charge is 2.29. The summed E-state index contributed by atoms with van der Waals surface area (Å²) in [6, 6.07) is 16.5. The molecule has 0 bridgehead atoms. The van der Waals surface area contributed by atoms with Crippen LogP contribution in [0.3, 0.4) is 0 Å². The number of hydrogen-bond donors (Lipinski definition) is 2. The zero-order chi connectivity index (χ0) is 26.4. The van der Waals surface area contributed by atoms with E-state index in [4.69, 9.17) is 14.1 Å². The molecule has 11 heteroatoms. The maximum atomic E-state index is 14.6. The SMILES string of the molecule is CC(C)(Oc1ccc(CNC(=O)c2cccnc2Oc2nonc2Cc2ccccc2)c(F)c1)C(=O)O. The lowest BCUT2D eigenvalue weighted by atomic mass is 10.1. The number of halogens is 1. The summed E-state index contributed by atoms with van der Waals surface area (Å²) in [6.07, 6.45) is 1.85. The van der Waals surface area contributed by atoms with E-state index in [1.54, 1.807) is 6.07 Å². The molecule has 0 fully saturated rings. The Balaban J connectivity index is 1.44. The number of aromatic nitrogens is 3. The van der Waals surface area contributed by atoms with Crippen LogP contribution in [0.25, 0.3) is 0 Å². The Morgan fingerprint density at radius 3 is 2.57 bits per heavy atom. The van der Waals surface area contributed by atoms with Crippen LogP contribution < -0.4 is 14.8 Å². The minimum absolute atomic E-state index is 0.0230. The summed E-state index contributed by atoms with van der Waals surface area (Å²) in [4.78, 5) is 28.2. The number of nitrogens with one attached hydrogen (secondary N) is 1. The first-order chi connectivity index (χ1) is 17.7. The van der Waals surface area contributed by atoms with Gasteiger partial charge in [0.15, 0.2) is 11.3 Å². The Hall–Kier alpha value is -4.80. The number of carbonyl (C=O) groups is 2. The quantitative estimate of drug-likeness (QED) is 0.325. The minimum Gasteiger partial charge on any atom is -0.478 e. The number of carboxylic acids is 1. The van der Waals surface area contributed by atoms with E-state index in [1.165, 1.54) is 38.2 Å². The third kappa shape index (κ3) is 6.26. The van der Waals surface area contributed by atoms with Gasteiger partial charge >= 0.3 is 5.97 Å². The second-order valence-electron chi connectivity index (χ2n) is 8.49. The highest BCUT2D eigenvalue weighted by Crippen LogP contribution is 2.26. The Labute approximate surface area is 211 Å². The van der Waals surface area contributed by atoms with E-state index in [0.717, 1.165) is 11.6 Å². The van der Waals surface area contributed by atoms with Crippen LogP contribution in [0.1, 0.15) is 41.0 Å². The summed E-state index contributed by atoms with van der Waals surface area (Å²) >= 11 is 0. The summed E-state index contributed by atoms with van der Waals surface area (Å²) in [5, 5.41) is 19.5. The van der Waals surface area contributed by atoms with Crippen molar-refractivity contribution >= 4 is 11.9 Å². The van der Waals surface area contributed by atoms with E-state index in [0.29, 0.717) is 12.1 Å². The van der Waals surface area contributed by atoms with Crippen LogP contribution in [0.15, 0.2) is 71.5 Å². The molecule has 4 rings (SSSR count). The first-order valence-electron chi connectivity index (χ1n) is 11.2. The van der Waals surface area contributed by atoms with Gasteiger partial charge in [-0.1, -0.05) is 41.6 Å². The molecule has 0 saturated carbocycles.